The largest absolute Gasteiger partial charge is 0.335 e. The second kappa shape index (κ2) is 4.65. The van der Waals surface area contributed by atoms with Crippen LogP contribution in [0, 0.1) is 0 Å². The number of hydrogen-bond acceptors (Lipinski definition) is 4. The van der Waals surface area contributed by atoms with Crippen LogP contribution < -0.4 is 0 Å². The SMILES string of the molecule is CC(=O)SC1CN(C(=O)c2ccccn2)C1. The Morgan fingerprint density at radius 3 is 2.75 bits per heavy atom. The predicted octanol–water partition coefficient (Wildman–Crippen LogP) is 1.19. The molecule has 0 bridgehead atoms. The zero-order valence-electron chi connectivity index (χ0n) is 8.92. The molecule has 4 nitrogen and oxygen atoms in total. The number of amides is 1. The van der Waals surface area contributed by atoms with E-state index in [2.05, 4.69) is 4.98 Å². The molecule has 1 aliphatic rings. The normalized spacial score (nSPS) is 15.7. The monoisotopic (exact) mass is 236 g/mol. The number of pyridine rings is 1. The summed E-state index contributed by atoms with van der Waals surface area (Å²) in [6, 6.07) is 5.27. The molecule has 0 atom stereocenters. The van der Waals surface area contributed by atoms with E-state index >= 15 is 0 Å². The van der Waals surface area contributed by atoms with Gasteiger partial charge in [0.1, 0.15) is 5.69 Å². The molecular formula is C11H12N2O2S. The summed E-state index contributed by atoms with van der Waals surface area (Å²) in [5, 5.41) is 0.361. The first-order chi connectivity index (χ1) is 7.66. The molecule has 2 heterocycles. The first-order valence-electron chi connectivity index (χ1n) is 5.04. The Morgan fingerprint density at radius 1 is 1.44 bits per heavy atom. The van der Waals surface area contributed by atoms with Crippen molar-refractivity contribution >= 4 is 22.8 Å². The molecule has 0 saturated carbocycles. The molecule has 2 rings (SSSR count). The van der Waals surface area contributed by atoms with Crippen molar-refractivity contribution in [2.75, 3.05) is 13.1 Å². The number of carbonyl (C=O) groups excluding carboxylic acids is 2. The minimum absolute atomic E-state index is 0.0546. The highest BCUT2D eigenvalue weighted by atomic mass is 32.2. The van der Waals surface area contributed by atoms with Crippen molar-refractivity contribution in [3.8, 4) is 0 Å². The summed E-state index contributed by atoms with van der Waals surface area (Å²) in [5.41, 5.74) is 0.466. The fraction of sp³-hybridized carbons (Fsp3) is 0.364. The molecule has 1 aromatic rings. The van der Waals surface area contributed by atoms with E-state index < -0.39 is 0 Å². The first-order valence-corrected chi connectivity index (χ1v) is 5.92. The van der Waals surface area contributed by atoms with E-state index in [0.717, 1.165) is 0 Å². The smallest absolute Gasteiger partial charge is 0.272 e. The minimum atomic E-state index is -0.0546. The van der Waals surface area contributed by atoms with Crippen LogP contribution in [0.2, 0.25) is 0 Å². The van der Waals surface area contributed by atoms with Gasteiger partial charge in [0.2, 0.25) is 0 Å². The zero-order chi connectivity index (χ0) is 11.5. The van der Waals surface area contributed by atoms with Crippen molar-refractivity contribution in [1.29, 1.82) is 0 Å². The highest BCUT2D eigenvalue weighted by Crippen LogP contribution is 2.23. The number of carbonyl (C=O) groups is 2. The highest BCUT2D eigenvalue weighted by molar-refractivity contribution is 8.14. The van der Waals surface area contributed by atoms with E-state index in [-0.39, 0.29) is 16.3 Å². The molecule has 0 N–H and O–H groups in total. The Labute approximate surface area is 98.0 Å². The van der Waals surface area contributed by atoms with E-state index in [4.69, 9.17) is 0 Å². The van der Waals surface area contributed by atoms with Gasteiger partial charge in [-0.1, -0.05) is 17.8 Å². The standard InChI is InChI=1S/C11H12N2O2S/c1-8(14)16-9-6-13(7-9)11(15)10-4-2-3-5-12-10/h2-5,9H,6-7H2,1H3. The number of aromatic nitrogens is 1. The molecule has 16 heavy (non-hydrogen) atoms. The fourth-order valence-electron chi connectivity index (χ4n) is 1.56. The highest BCUT2D eigenvalue weighted by Gasteiger charge is 2.32. The van der Waals surface area contributed by atoms with E-state index in [1.807, 2.05) is 0 Å². The lowest BCUT2D eigenvalue weighted by atomic mass is 10.2. The second-order valence-electron chi connectivity index (χ2n) is 3.66. The van der Waals surface area contributed by atoms with Crippen molar-refractivity contribution in [1.82, 2.24) is 9.88 Å². The summed E-state index contributed by atoms with van der Waals surface area (Å²) < 4.78 is 0. The number of thioether (sulfide) groups is 1. The van der Waals surface area contributed by atoms with Gasteiger partial charge in [-0.15, -0.1) is 0 Å². The van der Waals surface area contributed by atoms with Gasteiger partial charge in [-0.2, -0.15) is 0 Å². The van der Waals surface area contributed by atoms with Crippen LogP contribution in [0.15, 0.2) is 24.4 Å². The van der Waals surface area contributed by atoms with Gasteiger partial charge in [-0.05, 0) is 12.1 Å². The number of likely N-dealkylation sites (tertiary alicyclic amines) is 1. The molecule has 1 aromatic heterocycles. The lowest BCUT2D eigenvalue weighted by molar-refractivity contribution is -0.109. The third kappa shape index (κ3) is 2.41. The Hall–Kier alpha value is -1.36. The molecule has 5 heteroatoms. The summed E-state index contributed by atoms with van der Waals surface area (Å²) >= 11 is 1.30. The topological polar surface area (TPSA) is 50.3 Å². The van der Waals surface area contributed by atoms with Gasteiger partial charge < -0.3 is 4.90 Å². The van der Waals surface area contributed by atoms with Crippen LogP contribution in [-0.4, -0.2) is 39.2 Å². The van der Waals surface area contributed by atoms with Crippen molar-refractivity contribution in [3.05, 3.63) is 30.1 Å². The summed E-state index contributed by atoms with van der Waals surface area (Å²) in [4.78, 5) is 28.4. The maximum Gasteiger partial charge on any atom is 0.272 e. The van der Waals surface area contributed by atoms with Gasteiger partial charge in [-0.3, -0.25) is 14.6 Å². The fourth-order valence-corrected chi connectivity index (χ4v) is 2.54. The Kier molecular flexibility index (Phi) is 3.24. The van der Waals surface area contributed by atoms with Gasteiger partial charge in [-0.25, -0.2) is 0 Å². The summed E-state index contributed by atoms with van der Waals surface area (Å²) in [7, 11) is 0. The van der Waals surface area contributed by atoms with Crippen molar-refractivity contribution < 1.29 is 9.59 Å². The molecule has 1 amide bonds. The van der Waals surface area contributed by atoms with Crippen LogP contribution in [0.3, 0.4) is 0 Å². The maximum atomic E-state index is 11.8. The summed E-state index contributed by atoms with van der Waals surface area (Å²) in [6.45, 7) is 2.83. The lowest BCUT2D eigenvalue weighted by Gasteiger charge is -2.37. The molecule has 1 saturated heterocycles. The van der Waals surface area contributed by atoms with E-state index in [9.17, 15) is 9.59 Å². The third-order valence-corrected chi connectivity index (χ3v) is 3.32. The minimum Gasteiger partial charge on any atom is -0.335 e. The van der Waals surface area contributed by atoms with Gasteiger partial charge >= 0.3 is 0 Å². The number of rotatable bonds is 2. The van der Waals surface area contributed by atoms with Gasteiger partial charge in [0.25, 0.3) is 5.91 Å². The number of hydrogen-bond donors (Lipinski definition) is 0. The molecule has 0 spiro atoms. The molecule has 84 valence electrons. The van der Waals surface area contributed by atoms with Crippen LogP contribution in [0.25, 0.3) is 0 Å². The van der Waals surface area contributed by atoms with E-state index in [0.29, 0.717) is 18.8 Å². The lowest BCUT2D eigenvalue weighted by Crippen LogP contribution is -2.52. The molecule has 0 aromatic carbocycles. The Balaban J connectivity index is 1.88. The average Bonchev–Trinajstić information content (AvgIpc) is 2.23. The maximum absolute atomic E-state index is 11.8. The van der Waals surface area contributed by atoms with Gasteiger partial charge in [0.15, 0.2) is 5.12 Å². The van der Waals surface area contributed by atoms with Gasteiger partial charge in [0, 0.05) is 31.5 Å². The van der Waals surface area contributed by atoms with Crippen LogP contribution in [0.5, 0.6) is 0 Å². The number of nitrogens with zero attached hydrogens (tertiary/aromatic N) is 2. The third-order valence-electron chi connectivity index (χ3n) is 2.35. The van der Waals surface area contributed by atoms with Crippen molar-refractivity contribution in [2.24, 2.45) is 0 Å². The van der Waals surface area contributed by atoms with Crippen molar-refractivity contribution in [3.63, 3.8) is 0 Å². The Morgan fingerprint density at radius 2 is 2.19 bits per heavy atom. The van der Waals surface area contributed by atoms with Gasteiger partial charge in [0.05, 0.1) is 0 Å². The molecule has 1 fully saturated rings. The van der Waals surface area contributed by atoms with E-state index in [1.165, 1.54) is 11.8 Å². The zero-order valence-corrected chi connectivity index (χ0v) is 9.74. The van der Waals surface area contributed by atoms with Crippen LogP contribution in [0.4, 0.5) is 0 Å². The van der Waals surface area contributed by atoms with Crippen LogP contribution in [-0.2, 0) is 4.79 Å². The predicted molar refractivity (Wildman–Crippen MR) is 62.2 cm³/mol. The van der Waals surface area contributed by atoms with Crippen molar-refractivity contribution in [2.45, 2.75) is 12.2 Å². The second-order valence-corrected chi connectivity index (χ2v) is 5.13. The van der Waals surface area contributed by atoms with Crippen LogP contribution in [0.1, 0.15) is 17.4 Å². The first kappa shape index (κ1) is 11.1. The molecule has 0 aliphatic carbocycles. The average molecular weight is 236 g/mol. The Bertz CT molecular complexity index is 402. The molecule has 0 radical (unpaired) electrons. The molecular weight excluding hydrogens is 224 g/mol. The summed E-state index contributed by atoms with van der Waals surface area (Å²) in [5.74, 6) is -0.0546. The summed E-state index contributed by atoms with van der Waals surface area (Å²) in [6.07, 6.45) is 1.61. The molecule has 1 aliphatic heterocycles. The molecule has 0 unspecified atom stereocenters. The van der Waals surface area contributed by atoms with E-state index in [1.54, 1.807) is 36.2 Å². The van der Waals surface area contributed by atoms with Crippen LogP contribution >= 0.6 is 11.8 Å². The quantitative estimate of drug-likeness (QED) is 0.774.